The summed E-state index contributed by atoms with van der Waals surface area (Å²) in [5, 5.41) is 7.68. The van der Waals surface area contributed by atoms with Gasteiger partial charge in [-0.05, 0) is 55.0 Å². The topological polar surface area (TPSA) is 69.0 Å². The lowest BCUT2D eigenvalue weighted by molar-refractivity contribution is 0.102. The van der Waals surface area contributed by atoms with Gasteiger partial charge in [0.15, 0.2) is 5.13 Å². The highest BCUT2D eigenvalue weighted by Crippen LogP contribution is 2.31. The zero-order valence-corrected chi connectivity index (χ0v) is 16.9. The van der Waals surface area contributed by atoms with Crippen molar-refractivity contribution in [3.05, 3.63) is 83.0 Å². The lowest BCUT2D eigenvalue weighted by Crippen LogP contribution is -2.11. The molecular weight excluding hydrogens is 384 g/mol. The SMILES string of the molecule is COc1ccc(-c2nc(NC(=O)c3ccc(Cn4cccn4)cc3)sc2C)cc1. The van der Waals surface area contributed by atoms with Gasteiger partial charge in [-0.1, -0.05) is 12.1 Å². The average molecular weight is 404 g/mol. The van der Waals surface area contributed by atoms with Crippen molar-refractivity contribution < 1.29 is 9.53 Å². The molecule has 0 unspecified atom stereocenters. The summed E-state index contributed by atoms with van der Waals surface area (Å²) < 4.78 is 7.04. The molecule has 2 heterocycles. The van der Waals surface area contributed by atoms with Gasteiger partial charge in [0.25, 0.3) is 5.91 Å². The maximum absolute atomic E-state index is 12.6. The fourth-order valence-corrected chi connectivity index (χ4v) is 3.81. The van der Waals surface area contributed by atoms with Crippen LogP contribution in [0.25, 0.3) is 11.3 Å². The van der Waals surface area contributed by atoms with Gasteiger partial charge >= 0.3 is 0 Å². The van der Waals surface area contributed by atoms with Gasteiger partial charge in [0.2, 0.25) is 0 Å². The molecule has 146 valence electrons. The van der Waals surface area contributed by atoms with E-state index >= 15 is 0 Å². The molecule has 4 rings (SSSR count). The Morgan fingerprint density at radius 2 is 1.90 bits per heavy atom. The van der Waals surface area contributed by atoms with Crippen LogP contribution < -0.4 is 10.1 Å². The summed E-state index contributed by atoms with van der Waals surface area (Å²) in [6, 6.07) is 17.1. The van der Waals surface area contributed by atoms with Gasteiger partial charge in [0.1, 0.15) is 5.75 Å². The molecule has 0 aliphatic rings. The van der Waals surface area contributed by atoms with Crippen LogP contribution in [0.4, 0.5) is 5.13 Å². The Bertz CT molecular complexity index is 1100. The predicted molar refractivity (Wildman–Crippen MR) is 115 cm³/mol. The van der Waals surface area contributed by atoms with Gasteiger partial charge in [0.05, 0.1) is 19.3 Å². The third kappa shape index (κ3) is 4.35. The van der Waals surface area contributed by atoms with Gasteiger partial charge in [-0.3, -0.25) is 14.8 Å². The molecule has 1 amide bonds. The molecule has 2 aromatic carbocycles. The fourth-order valence-electron chi connectivity index (χ4n) is 2.98. The van der Waals surface area contributed by atoms with Crippen molar-refractivity contribution >= 4 is 22.4 Å². The number of amides is 1. The van der Waals surface area contributed by atoms with Crippen molar-refractivity contribution in [1.82, 2.24) is 14.8 Å². The molecule has 0 fully saturated rings. The molecule has 6 nitrogen and oxygen atoms in total. The number of nitrogens with one attached hydrogen (secondary N) is 1. The van der Waals surface area contributed by atoms with Crippen LogP contribution in [0.3, 0.4) is 0 Å². The molecule has 29 heavy (non-hydrogen) atoms. The average Bonchev–Trinajstić information content (AvgIpc) is 3.38. The first-order valence-corrected chi connectivity index (χ1v) is 9.93. The molecule has 0 radical (unpaired) electrons. The molecule has 0 aliphatic carbocycles. The van der Waals surface area contributed by atoms with E-state index in [4.69, 9.17) is 4.74 Å². The van der Waals surface area contributed by atoms with Crippen LogP contribution in [-0.4, -0.2) is 27.8 Å². The summed E-state index contributed by atoms with van der Waals surface area (Å²) >= 11 is 1.46. The fraction of sp³-hybridized carbons (Fsp3) is 0.136. The van der Waals surface area contributed by atoms with Crippen molar-refractivity contribution in [2.75, 3.05) is 12.4 Å². The quantitative estimate of drug-likeness (QED) is 0.509. The Kier molecular flexibility index (Phi) is 5.39. The monoisotopic (exact) mass is 404 g/mol. The number of hydrogen-bond acceptors (Lipinski definition) is 5. The molecule has 1 N–H and O–H groups in total. The Labute approximate surface area is 172 Å². The first-order valence-electron chi connectivity index (χ1n) is 9.12. The Morgan fingerprint density at radius 3 is 2.55 bits per heavy atom. The van der Waals surface area contributed by atoms with Crippen LogP contribution in [0.2, 0.25) is 0 Å². The number of carbonyl (C=O) groups is 1. The molecule has 0 bridgehead atoms. The molecule has 4 aromatic rings. The van der Waals surface area contributed by atoms with Gasteiger partial charge < -0.3 is 4.74 Å². The van der Waals surface area contributed by atoms with E-state index in [9.17, 15) is 4.79 Å². The van der Waals surface area contributed by atoms with E-state index < -0.39 is 0 Å². The van der Waals surface area contributed by atoms with Gasteiger partial charge in [-0.15, -0.1) is 11.3 Å². The minimum absolute atomic E-state index is 0.175. The van der Waals surface area contributed by atoms with Crippen LogP contribution >= 0.6 is 11.3 Å². The second-order valence-corrected chi connectivity index (χ2v) is 7.71. The molecule has 0 aliphatic heterocycles. The van der Waals surface area contributed by atoms with E-state index in [2.05, 4.69) is 15.4 Å². The number of rotatable bonds is 6. The number of aromatic nitrogens is 3. The molecule has 0 atom stereocenters. The van der Waals surface area contributed by atoms with E-state index in [1.807, 2.05) is 72.4 Å². The van der Waals surface area contributed by atoms with E-state index in [1.54, 1.807) is 13.3 Å². The van der Waals surface area contributed by atoms with Gasteiger partial charge in [-0.2, -0.15) is 5.10 Å². The molecule has 0 saturated carbocycles. The Balaban J connectivity index is 1.45. The molecule has 7 heteroatoms. The highest BCUT2D eigenvalue weighted by molar-refractivity contribution is 7.16. The van der Waals surface area contributed by atoms with E-state index in [1.165, 1.54) is 11.3 Å². The number of aryl methyl sites for hydroxylation is 1. The summed E-state index contributed by atoms with van der Waals surface area (Å²) in [6.45, 7) is 2.67. The zero-order chi connectivity index (χ0) is 20.2. The summed E-state index contributed by atoms with van der Waals surface area (Å²) in [5.74, 6) is 0.622. The number of thiazole rings is 1. The maximum Gasteiger partial charge on any atom is 0.257 e. The van der Waals surface area contributed by atoms with Crippen molar-refractivity contribution in [2.24, 2.45) is 0 Å². The van der Waals surface area contributed by atoms with Crippen LogP contribution in [0, 0.1) is 6.92 Å². The minimum Gasteiger partial charge on any atom is -0.497 e. The third-order valence-electron chi connectivity index (χ3n) is 4.50. The van der Waals surface area contributed by atoms with Crippen LogP contribution in [0.5, 0.6) is 5.75 Å². The number of ether oxygens (including phenoxy) is 1. The summed E-state index contributed by atoms with van der Waals surface area (Å²) in [6.07, 6.45) is 3.66. The highest BCUT2D eigenvalue weighted by atomic mass is 32.1. The number of nitrogens with zero attached hydrogens (tertiary/aromatic N) is 3. The Hall–Kier alpha value is -3.45. The van der Waals surface area contributed by atoms with Crippen LogP contribution in [-0.2, 0) is 6.54 Å². The van der Waals surface area contributed by atoms with Crippen molar-refractivity contribution in [3.8, 4) is 17.0 Å². The highest BCUT2D eigenvalue weighted by Gasteiger charge is 2.13. The first-order chi connectivity index (χ1) is 14.1. The van der Waals surface area contributed by atoms with Crippen molar-refractivity contribution in [1.29, 1.82) is 0 Å². The van der Waals surface area contributed by atoms with E-state index in [0.717, 1.165) is 27.4 Å². The normalized spacial score (nSPS) is 10.7. The molecular formula is C22H20N4O2S. The standard InChI is InChI=1S/C22H20N4O2S/c1-15-20(17-8-10-19(28-2)11-9-17)24-22(29-15)25-21(27)18-6-4-16(5-7-18)14-26-13-3-12-23-26/h3-13H,14H2,1-2H3,(H,24,25,27). The Morgan fingerprint density at radius 1 is 1.14 bits per heavy atom. The summed E-state index contributed by atoms with van der Waals surface area (Å²) in [4.78, 5) is 18.2. The van der Waals surface area contributed by atoms with Crippen LogP contribution in [0.15, 0.2) is 67.0 Å². The molecule has 0 spiro atoms. The smallest absolute Gasteiger partial charge is 0.257 e. The summed E-state index contributed by atoms with van der Waals surface area (Å²) in [5.41, 5.74) is 3.52. The second-order valence-electron chi connectivity index (χ2n) is 6.51. The largest absolute Gasteiger partial charge is 0.497 e. The number of methoxy groups -OCH3 is 1. The van der Waals surface area contributed by atoms with E-state index in [-0.39, 0.29) is 5.91 Å². The number of benzene rings is 2. The zero-order valence-electron chi connectivity index (χ0n) is 16.1. The van der Waals surface area contributed by atoms with Gasteiger partial charge in [0, 0.05) is 28.4 Å². The maximum atomic E-state index is 12.6. The summed E-state index contributed by atoms with van der Waals surface area (Å²) in [7, 11) is 1.64. The van der Waals surface area contributed by atoms with Crippen molar-refractivity contribution in [2.45, 2.75) is 13.5 Å². The lowest BCUT2D eigenvalue weighted by atomic mass is 10.1. The third-order valence-corrected chi connectivity index (χ3v) is 5.39. The molecule has 0 saturated heterocycles. The van der Waals surface area contributed by atoms with E-state index in [0.29, 0.717) is 17.2 Å². The number of anilines is 1. The predicted octanol–water partition coefficient (Wildman–Crippen LogP) is 4.62. The number of hydrogen-bond donors (Lipinski definition) is 1. The lowest BCUT2D eigenvalue weighted by Gasteiger charge is -2.05. The molecule has 2 aromatic heterocycles. The second kappa shape index (κ2) is 8.28. The van der Waals surface area contributed by atoms with Gasteiger partial charge in [-0.25, -0.2) is 4.98 Å². The first kappa shape index (κ1) is 18.9. The minimum atomic E-state index is -0.175. The number of carbonyl (C=O) groups excluding carboxylic acids is 1. The van der Waals surface area contributed by atoms with Crippen molar-refractivity contribution in [3.63, 3.8) is 0 Å². The van der Waals surface area contributed by atoms with Crippen LogP contribution in [0.1, 0.15) is 20.8 Å².